The van der Waals surface area contributed by atoms with Crippen molar-refractivity contribution in [1.29, 1.82) is 0 Å². The highest BCUT2D eigenvalue weighted by molar-refractivity contribution is 5.90. The maximum absolute atomic E-state index is 11.7. The number of hydrogen-bond acceptors (Lipinski definition) is 8. The van der Waals surface area contributed by atoms with E-state index in [9.17, 15) is 19.2 Å². The SMILES string of the molecule is CC(C)(C)OC(=O)NCCCC[C@@H](N)C(=O)OC(=O)[C@@H](N)CCC(=O)O. The third-order valence-corrected chi connectivity index (χ3v) is 3.09. The minimum Gasteiger partial charge on any atom is -0.481 e. The summed E-state index contributed by atoms with van der Waals surface area (Å²) < 4.78 is 9.62. The third-order valence-electron chi connectivity index (χ3n) is 3.09. The lowest BCUT2D eigenvalue weighted by molar-refractivity contribution is -0.161. The number of carbonyl (C=O) groups is 4. The molecule has 0 saturated carbocycles. The van der Waals surface area contributed by atoms with Gasteiger partial charge in [-0.1, -0.05) is 0 Å². The van der Waals surface area contributed by atoms with E-state index in [1.807, 2.05) is 0 Å². The number of carboxylic acids is 1. The van der Waals surface area contributed by atoms with Crippen molar-refractivity contribution in [3.63, 3.8) is 0 Å². The zero-order valence-electron chi connectivity index (χ0n) is 15.4. The van der Waals surface area contributed by atoms with E-state index in [4.69, 9.17) is 21.3 Å². The zero-order chi connectivity index (χ0) is 20.3. The maximum Gasteiger partial charge on any atom is 0.407 e. The maximum atomic E-state index is 11.7. The Morgan fingerprint density at radius 3 is 2.04 bits per heavy atom. The van der Waals surface area contributed by atoms with Crippen LogP contribution < -0.4 is 16.8 Å². The van der Waals surface area contributed by atoms with E-state index in [0.29, 0.717) is 19.4 Å². The van der Waals surface area contributed by atoms with Gasteiger partial charge in [-0.2, -0.15) is 0 Å². The van der Waals surface area contributed by atoms with E-state index in [1.54, 1.807) is 20.8 Å². The van der Waals surface area contributed by atoms with Crippen LogP contribution in [0.4, 0.5) is 4.79 Å². The second kappa shape index (κ2) is 11.4. The minimum atomic E-state index is -1.19. The van der Waals surface area contributed by atoms with Crippen molar-refractivity contribution < 1.29 is 33.8 Å². The van der Waals surface area contributed by atoms with Gasteiger partial charge in [0.05, 0.1) is 0 Å². The van der Waals surface area contributed by atoms with Crippen molar-refractivity contribution >= 4 is 24.0 Å². The summed E-state index contributed by atoms with van der Waals surface area (Å²) in [4.78, 5) is 45.1. The number of ether oxygens (including phenoxy) is 2. The molecule has 0 aromatic heterocycles. The van der Waals surface area contributed by atoms with Crippen LogP contribution in [0.15, 0.2) is 0 Å². The predicted molar refractivity (Wildman–Crippen MR) is 92.0 cm³/mol. The van der Waals surface area contributed by atoms with Gasteiger partial charge < -0.3 is 31.4 Å². The van der Waals surface area contributed by atoms with Gasteiger partial charge in [-0.3, -0.25) is 4.79 Å². The number of aliphatic carboxylic acids is 1. The number of nitrogens with one attached hydrogen (secondary N) is 1. The fourth-order valence-electron chi connectivity index (χ4n) is 1.76. The predicted octanol–water partition coefficient (Wildman–Crippen LogP) is 0.271. The number of hydrogen-bond donors (Lipinski definition) is 4. The van der Waals surface area contributed by atoms with Crippen LogP contribution >= 0.6 is 0 Å². The van der Waals surface area contributed by atoms with Crippen LogP contribution in [0.3, 0.4) is 0 Å². The van der Waals surface area contributed by atoms with Gasteiger partial charge in [0, 0.05) is 13.0 Å². The van der Waals surface area contributed by atoms with Gasteiger partial charge in [0.25, 0.3) is 0 Å². The van der Waals surface area contributed by atoms with Gasteiger partial charge in [0.2, 0.25) is 0 Å². The monoisotopic (exact) mass is 375 g/mol. The van der Waals surface area contributed by atoms with Crippen LogP contribution in [0.2, 0.25) is 0 Å². The summed E-state index contributed by atoms with van der Waals surface area (Å²) in [6, 6.07) is -2.20. The Balaban J connectivity index is 3.97. The molecule has 0 aliphatic rings. The fourth-order valence-corrected chi connectivity index (χ4v) is 1.76. The van der Waals surface area contributed by atoms with Crippen LogP contribution in [-0.2, 0) is 23.9 Å². The summed E-state index contributed by atoms with van der Waals surface area (Å²) in [5.41, 5.74) is 10.5. The normalized spacial score (nSPS) is 13.4. The second-order valence-electron chi connectivity index (χ2n) is 6.81. The molecule has 0 radical (unpaired) electrons. The molecule has 0 rings (SSSR count). The summed E-state index contributed by atoms with van der Waals surface area (Å²) in [5, 5.41) is 11.1. The van der Waals surface area contributed by atoms with E-state index >= 15 is 0 Å². The molecular weight excluding hydrogens is 346 g/mol. The first-order valence-electron chi connectivity index (χ1n) is 8.37. The molecule has 26 heavy (non-hydrogen) atoms. The van der Waals surface area contributed by atoms with Crippen molar-refractivity contribution in [3.8, 4) is 0 Å². The molecule has 0 aromatic rings. The Hall–Kier alpha value is -2.20. The smallest absolute Gasteiger partial charge is 0.407 e. The Morgan fingerprint density at radius 2 is 1.54 bits per heavy atom. The fraction of sp³-hybridized carbons (Fsp3) is 0.750. The lowest BCUT2D eigenvalue weighted by Gasteiger charge is -2.19. The van der Waals surface area contributed by atoms with E-state index in [0.717, 1.165) is 0 Å². The van der Waals surface area contributed by atoms with Gasteiger partial charge in [-0.05, 0) is 46.5 Å². The average molecular weight is 375 g/mol. The Bertz CT molecular complexity index is 503. The molecule has 0 aliphatic carbocycles. The number of carbonyl (C=O) groups excluding carboxylic acids is 3. The first-order chi connectivity index (χ1) is 11.9. The summed E-state index contributed by atoms with van der Waals surface area (Å²) in [6.07, 6.45) is 0.375. The Kier molecular flexibility index (Phi) is 10.5. The summed E-state index contributed by atoms with van der Waals surface area (Å²) in [7, 11) is 0. The molecule has 1 amide bonds. The molecule has 150 valence electrons. The Morgan fingerprint density at radius 1 is 1.00 bits per heavy atom. The summed E-state index contributed by atoms with van der Waals surface area (Å²) >= 11 is 0. The van der Waals surface area contributed by atoms with Crippen molar-refractivity contribution in [3.05, 3.63) is 0 Å². The van der Waals surface area contributed by atoms with Gasteiger partial charge in [0.15, 0.2) is 0 Å². The van der Waals surface area contributed by atoms with Gasteiger partial charge >= 0.3 is 24.0 Å². The van der Waals surface area contributed by atoms with Crippen molar-refractivity contribution in [2.24, 2.45) is 11.5 Å². The highest BCUT2D eigenvalue weighted by atomic mass is 16.6. The average Bonchev–Trinajstić information content (AvgIpc) is 2.49. The molecule has 0 fully saturated rings. The van der Waals surface area contributed by atoms with E-state index < -0.39 is 41.7 Å². The molecule has 0 heterocycles. The summed E-state index contributed by atoms with van der Waals surface area (Å²) in [6.45, 7) is 5.62. The van der Waals surface area contributed by atoms with Crippen LogP contribution in [0.25, 0.3) is 0 Å². The van der Waals surface area contributed by atoms with E-state index in [2.05, 4.69) is 10.1 Å². The largest absolute Gasteiger partial charge is 0.481 e. The highest BCUT2D eigenvalue weighted by Crippen LogP contribution is 2.07. The molecule has 2 atom stereocenters. The van der Waals surface area contributed by atoms with Crippen LogP contribution in [-0.4, -0.2) is 53.3 Å². The lowest BCUT2D eigenvalue weighted by Crippen LogP contribution is -2.39. The Labute approximate surface area is 152 Å². The van der Waals surface area contributed by atoms with Crippen molar-refractivity contribution in [2.45, 2.75) is 70.6 Å². The highest BCUT2D eigenvalue weighted by Gasteiger charge is 2.23. The van der Waals surface area contributed by atoms with Gasteiger partial charge in [-0.25, -0.2) is 14.4 Å². The molecule has 0 saturated heterocycles. The number of unbranched alkanes of at least 4 members (excludes halogenated alkanes) is 1. The quantitative estimate of drug-likeness (QED) is 0.237. The topological polar surface area (TPSA) is 171 Å². The molecule has 0 aromatic carbocycles. The standard InChI is InChI=1S/C16H29N3O7/c1-16(2,3)26-15(24)19-9-5-4-6-10(17)13(22)25-14(23)11(18)7-8-12(20)21/h10-11H,4-9,17-18H2,1-3H3,(H,19,24)(H,20,21)/t10-,11+/m1/s1. The first kappa shape index (κ1) is 23.8. The molecule has 10 nitrogen and oxygen atoms in total. The third kappa shape index (κ3) is 12.2. The number of alkyl carbamates (subject to hydrolysis) is 1. The van der Waals surface area contributed by atoms with Crippen molar-refractivity contribution in [1.82, 2.24) is 5.32 Å². The molecule has 0 aliphatic heterocycles. The van der Waals surface area contributed by atoms with Crippen LogP contribution in [0, 0.1) is 0 Å². The summed E-state index contributed by atoms with van der Waals surface area (Å²) in [5.74, 6) is -3.02. The van der Waals surface area contributed by atoms with E-state index in [1.165, 1.54) is 0 Å². The zero-order valence-corrected chi connectivity index (χ0v) is 15.4. The minimum absolute atomic E-state index is 0.132. The molecule has 0 spiro atoms. The van der Waals surface area contributed by atoms with Gasteiger partial charge in [-0.15, -0.1) is 0 Å². The molecule has 0 unspecified atom stereocenters. The number of amides is 1. The lowest BCUT2D eigenvalue weighted by atomic mass is 10.1. The molecule has 10 heteroatoms. The first-order valence-corrected chi connectivity index (χ1v) is 8.37. The molecule has 6 N–H and O–H groups in total. The van der Waals surface area contributed by atoms with E-state index in [-0.39, 0.29) is 19.3 Å². The molecular formula is C16H29N3O7. The number of esters is 2. The van der Waals surface area contributed by atoms with Crippen LogP contribution in [0.5, 0.6) is 0 Å². The van der Waals surface area contributed by atoms with Gasteiger partial charge in [0.1, 0.15) is 17.7 Å². The van der Waals surface area contributed by atoms with Crippen molar-refractivity contribution in [2.75, 3.05) is 6.54 Å². The number of nitrogens with two attached hydrogens (primary N) is 2. The second-order valence-corrected chi connectivity index (χ2v) is 6.81. The van der Waals surface area contributed by atoms with Crippen LogP contribution in [0.1, 0.15) is 52.9 Å². The number of carboxylic acid groups (broad SMARTS) is 1. The molecule has 0 bridgehead atoms. The number of rotatable bonds is 10.